The monoisotopic (exact) mass is 290 g/mol. The van der Waals surface area contributed by atoms with Gasteiger partial charge in [-0.1, -0.05) is 0 Å². The Balaban J connectivity index is 2.64. The smallest absolute Gasteiger partial charge is 0.407 e. The fourth-order valence-corrected chi connectivity index (χ4v) is 1.41. The third-order valence-corrected chi connectivity index (χ3v) is 2.30. The summed E-state index contributed by atoms with van der Waals surface area (Å²) in [6.45, 7) is 4.98. The van der Waals surface area contributed by atoms with Crippen LogP contribution in [0, 0.1) is 17.5 Å². The second kappa shape index (κ2) is 6.13. The number of carbonyl (C=O) groups excluding carboxylic acids is 1. The predicted molar refractivity (Wildman–Crippen MR) is 67.5 cm³/mol. The maximum absolute atomic E-state index is 13.0. The number of carbonyl (C=O) groups is 1. The van der Waals surface area contributed by atoms with E-state index < -0.39 is 35.2 Å². The van der Waals surface area contributed by atoms with E-state index in [0.29, 0.717) is 0 Å². The van der Waals surface area contributed by atoms with Crippen molar-refractivity contribution in [3.8, 4) is 0 Å². The second-order valence-corrected chi connectivity index (χ2v) is 5.29. The first-order valence-electron chi connectivity index (χ1n) is 5.97. The van der Waals surface area contributed by atoms with E-state index in [2.05, 4.69) is 5.32 Å². The van der Waals surface area contributed by atoms with Crippen LogP contribution >= 0.6 is 0 Å². The Morgan fingerprint density at radius 3 is 2.25 bits per heavy atom. The normalized spacial score (nSPS) is 12.9. The van der Waals surface area contributed by atoms with Crippen LogP contribution in [0.2, 0.25) is 0 Å². The van der Waals surface area contributed by atoms with Gasteiger partial charge in [-0.05, 0) is 38.5 Å². The summed E-state index contributed by atoms with van der Waals surface area (Å²) >= 11 is 0. The predicted octanol–water partition coefficient (Wildman–Crippen LogP) is 2.63. The molecule has 0 saturated heterocycles. The standard InChI is InChI=1S/C13H17F3N2O2/c1-13(2,3)20-12(19)18-6-10(17)7-4-8(14)11(16)9(15)5-7/h4-5,10H,6,17H2,1-3H3,(H,18,19). The number of rotatable bonds is 3. The minimum atomic E-state index is -1.55. The number of ether oxygens (including phenoxy) is 1. The Hall–Kier alpha value is -1.76. The number of hydrogen-bond acceptors (Lipinski definition) is 3. The summed E-state index contributed by atoms with van der Waals surface area (Å²) in [4.78, 5) is 11.4. The van der Waals surface area contributed by atoms with Gasteiger partial charge in [0, 0.05) is 12.6 Å². The number of benzene rings is 1. The molecule has 1 unspecified atom stereocenters. The van der Waals surface area contributed by atoms with Crippen LogP contribution in [0.25, 0.3) is 0 Å². The van der Waals surface area contributed by atoms with Crippen molar-refractivity contribution in [2.24, 2.45) is 5.73 Å². The van der Waals surface area contributed by atoms with Crippen LogP contribution in [0.5, 0.6) is 0 Å². The number of nitrogens with one attached hydrogen (secondary N) is 1. The van der Waals surface area contributed by atoms with Gasteiger partial charge >= 0.3 is 6.09 Å². The van der Waals surface area contributed by atoms with Gasteiger partial charge in [0.1, 0.15) is 5.60 Å². The van der Waals surface area contributed by atoms with Crippen LogP contribution in [0.3, 0.4) is 0 Å². The van der Waals surface area contributed by atoms with Crippen molar-refractivity contribution in [1.29, 1.82) is 0 Å². The fraction of sp³-hybridized carbons (Fsp3) is 0.462. The Bertz CT molecular complexity index is 478. The van der Waals surface area contributed by atoms with Crippen LogP contribution in [-0.4, -0.2) is 18.2 Å². The van der Waals surface area contributed by atoms with Crippen molar-refractivity contribution < 1.29 is 22.7 Å². The van der Waals surface area contributed by atoms with Gasteiger partial charge in [-0.25, -0.2) is 18.0 Å². The van der Waals surface area contributed by atoms with E-state index in [0.717, 1.165) is 12.1 Å². The summed E-state index contributed by atoms with van der Waals surface area (Å²) in [7, 11) is 0. The van der Waals surface area contributed by atoms with E-state index >= 15 is 0 Å². The summed E-state index contributed by atoms with van der Waals surface area (Å²) in [5, 5.41) is 2.37. The third-order valence-electron chi connectivity index (χ3n) is 2.30. The van der Waals surface area contributed by atoms with E-state index in [-0.39, 0.29) is 12.1 Å². The molecule has 0 aliphatic heterocycles. The largest absolute Gasteiger partial charge is 0.444 e. The molecule has 0 radical (unpaired) electrons. The maximum Gasteiger partial charge on any atom is 0.407 e. The highest BCUT2D eigenvalue weighted by molar-refractivity contribution is 5.67. The first-order valence-corrected chi connectivity index (χ1v) is 5.97. The quantitative estimate of drug-likeness (QED) is 0.841. The Morgan fingerprint density at radius 1 is 1.30 bits per heavy atom. The van der Waals surface area contributed by atoms with Crippen molar-refractivity contribution in [2.75, 3.05) is 6.54 Å². The highest BCUT2D eigenvalue weighted by Crippen LogP contribution is 2.17. The van der Waals surface area contributed by atoms with Gasteiger partial charge in [0.05, 0.1) is 0 Å². The van der Waals surface area contributed by atoms with Crippen LogP contribution in [0.1, 0.15) is 32.4 Å². The summed E-state index contributed by atoms with van der Waals surface area (Å²) in [5.74, 6) is -4.21. The molecule has 0 spiro atoms. The molecule has 0 fully saturated rings. The minimum absolute atomic E-state index is 0.0393. The summed E-state index contributed by atoms with van der Waals surface area (Å²) < 4.78 is 43.8. The van der Waals surface area contributed by atoms with Gasteiger partial charge in [0.25, 0.3) is 0 Å². The first-order chi connectivity index (χ1) is 9.10. The topological polar surface area (TPSA) is 64.3 Å². The average Bonchev–Trinajstić information content (AvgIpc) is 2.30. The summed E-state index contributed by atoms with van der Waals surface area (Å²) in [5.41, 5.74) is 5.04. The molecule has 1 amide bonds. The lowest BCUT2D eigenvalue weighted by molar-refractivity contribution is 0.0524. The Labute approximate surface area is 115 Å². The summed E-state index contributed by atoms with van der Waals surface area (Å²) in [6.07, 6.45) is -0.698. The molecule has 0 aliphatic rings. The molecule has 1 aromatic rings. The van der Waals surface area contributed by atoms with E-state index in [1.165, 1.54) is 0 Å². The first kappa shape index (κ1) is 16.3. The van der Waals surface area contributed by atoms with Crippen molar-refractivity contribution in [3.05, 3.63) is 35.1 Å². The lowest BCUT2D eigenvalue weighted by Crippen LogP contribution is -2.36. The van der Waals surface area contributed by atoms with Gasteiger partial charge in [-0.2, -0.15) is 0 Å². The molecule has 0 heterocycles. The molecule has 1 rings (SSSR count). The lowest BCUT2D eigenvalue weighted by atomic mass is 10.1. The van der Waals surface area contributed by atoms with E-state index in [1.807, 2.05) is 0 Å². The zero-order valence-electron chi connectivity index (χ0n) is 11.5. The minimum Gasteiger partial charge on any atom is -0.444 e. The lowest BCUT2D eigenvalue weighted by Gasteiger charge is -2.21. The number of alkyl carbamates (subject to hydrolysis) is 1. The molecule has 3 N–H and O–H groups in total. The summed E-state index contributed by atoms with van der Waals surface area (Å²) in [6, 6.07) is 0.701. The van der Waals surface area contributed by atoms with Crippen LogP contribution in [-0.2, 0) is 4.74 Å². The van der Waals surface area contributed by atoms with Gasteiger partial charge in [0.2, 0.25) is 0 Å². The van der Waals surface area contributed by atoms with Crippen LogP contribution in [0.15, 0.2) is 12.1 Å². The second-order valence-electron chi connectivity index (χ2n) is 5.29. The average molecular weight is 290 g/mol. The molecular formula is C13H17F3N2O2. The fourth-order valence-electron chi connectivity index (χ4n) is 1.41. The van der Waals surface area contributed by atoms with Crippen LogP contribution in [0.4, 0.5) is 18.0 Å². The van der Waals surface area contributed by atoms with E-state index in [1.54, 1.807) is 20.8 Å². The highest BCUT2D eigenvalue weighted by atomic mass is 19.2. The van der Waals surface area contributed by atoms with Gasteiger partial charge in [0.15, 0.2) is 17.5 Å². The molecule has 1 aromatic carbocycles. The molecule has 0 aliphatic carbocycles. The Morgan fingerprint density at radius 2 is 1.80 bits per heavy atom. The molecule has 1 atom stereocenters. The highest BCUT2D eigenvalue weighted by Gasteiger charge is 2.18. The van der Waals surface area contributed by atoms with Crippen LogP contribution < -0.4 is 11.1 Å². The SMILES string of the molecule is CC(C)(C)OC(=O)NCC(N)c1cc(F)c(F)c(F)c1. The van der Waals surface area contributed by atoms with Crippen molar-refractivity contribution in [2.45, 2.75) is 32.4 Å². The van der Waals surface area contributed by atoms with E-state index in [4.69, 9.17) is 10.5 Å². The van der Waals surface area contributed by atoms with Crippen molar-refractivity contribution in [1.82, 2.24) is 5.32 Å². The van der Waals surface area contributed by atoms with Crippen molar-refractivity contribution >= 4 is 6.09 Å². The number of nitrogens with two attached hydrogens (primary N) is 1. The number of halogens is 3. The Kier molecular flexibility index (Phi) is 4.99. The molecule has 0 bridgehead atoms. The van der Waals surface area contributed by atoms with Gasteiger partial charge in [-0.3, -0.25) is 0 Å². The van der Waals surface area contributed by atoms with Gasteiger partial charge < -0.3 is 15.8 Å². The third kappa shape index (κ3) is 4.73. The molecular weight excluding hydrogens is 273 g/mol. The number of amides is 1. The molecule has 0 saturated carbocycles. The molecule has 112 valence electrons. The molecule has 4 nitrogen and oxygen atoms in total. The number of hydrogen-bond donors (Lipinski definition) is 2. The molecule has 7 heteroatoms. The maximum atomic E-state index is 13.0. The zero-order valence-corrected chi connectivity index (χ0v) is 11.5. The van der Waals surface area contributed by atoms with Crippen molar-refractivity contribution in [3.63, 3.8) is 0 Å². The van der Waals surface area contributed by atoms with E-state index in [9.17, 15) is 18.0 Å². The zero-order chi connectivity index (χ0) is 15.5. The molecule has 20 heavy (non-hydrogen) atoms. The van der Waals surface area contributed by atoms with Gasteiger partial charge in [-0.15, -0.1) is 0 Å². The molecule has 0 aromatic heterocycles.